The lowest BCUT2D eigenvalue weighted by atomic mass is 10.0. The molecule has 0 saturated heterocycles. The Morgan fingerprint density at radius 2 is 1.96 bits per heavy atom. The number of benzene rings is 1. The van der Waals surface area contributed by atoms with Gasteiger partial charge in [0.05, 0.1) is 6.26 Å². The summed E-state index contributed by atoms with van der Waals surface area (Å²) in [5, 5.41) is 14.4. The van der Waals surface area contributed by atoms with Crippen LogP contribution in [-0.2, 0) is 11.2 Å². The van der Waals surface area contributed by atoms with Crippen LogP contribution in [0.3, 0.4) is 0 Å². The molecule has 0 aliphatic carbocycles. The molecule has 2 N–H and O–H groups in total. The summed E-state index contributed by atoms with van der Waals surface area (Å²) < 4.78 is 6.10. The van der Waals surface area contributed by atoms with Gasteiger partial charge in [0.25, 0.3) is 0 Å². The predicted octanol–water partition coefficient (Wildman–Crippen LogP) is 5.04. The SMILES string of the molecule is O=C(CCc1ccco1)Nc1scc(-c2ccc(Br)cc2)c1C(=O)O. The van der Waals surface area contributed by atoms with Crippen LogP contribution >= 0.6 is 27.3 Å². The number of hydrogen-bond acceptors (Lipinski definition) is 4. The van der Waals surface area contributed by atoms with Crippen LogP contribution in [0.4, 0.5) is 5.00 Å². The number of carboxylic acid groups (broad SMARTS) is 1. The monoisotopic (exact) mass is 419 g/mol. The summed E-state index contributed by atoms with van der Waals surface area (Å²) in [6.07, 6.45) is 2.24. The number of nitrogens with one attached hydrogen (secondary N) is 1. The number of carbonyl (C=O) groups excluding carboxylic acids is 1. The molecule has 0 radical (unpaired) electrons. The van der Waals surface area contributed by atoms with Gasteiger partial charge in [-0.25, -0.2) is 4.79 Å². The molecule has 0 saturated carbocycles. The van der Waals surface area contributed by atoms with E-state index in [1.54, 1.807) is 23.8 Å². The molecule has 0 aliphatic heterocycles. The van der Waals surface area contributed by atoms with Gasteiger partial charge in [-0.05, 0) is 29.8 Å². The topological polar surface area (TPSA) is 79.5 Å². The highest BCUT2D eigenvalue weighted by molar-refractivity contribution is 9.10. The average molecular weight is 420 g/mol. The molecule has 128 valence electrons. The van der Waals surface area contributed by atoms with E-state index in [0.29, 0.717) is 17.0 Å². The minimum atomic E-state index is -1.07. The standard InChI is InChI=1S/C18H14BrNO4S/c19-12-5-3-11(4-6-12)14-10-25-17(16(14)18(22)23)20-15(21)8-7-13-2-1-9-24-13/h1-6,9-10H,7-8H2,(H,20,21)(H,22,23). The van der Waals surface area contributed by atoms with E-state index in [2.05, 4.69) is 21.2 Å². The number of carbonyl (C=O) groups is 2. The maximum atomic E-state index is 12.1. The quantitative estimate of drug-likeness (QED) is 0.586. The highest BCUT2D eigenvalue weighted by Crippen LogP contribution is 2.36. The van der Waals surface area contributed by atoms with Crippen molar-refractivity contribution in [3.05, 3.63) is 63.8 Å². The zero-order chi connectivity index (χ0) is 17.8. The maximum Gasteiger partial charge on any atom is 0.339 e. The van der Waals surface area contributed by atoms with Gasteiger partial charge >= 0.3 is 5.97 Å². The van der Waals surface area contributed by atoms with Crippen LogP contribution in [0, 0.1) is 0 Å². The van der Waals surface area contributed by atoms with E-state index in [1.807, 2.05) is 24.3 Å². The second kappa shape index (κ2) is 7.67. The number of halogens is 1. The third-order valence-corrected chi connectivity index (χ3v) is 5.02. The third-order valence-electron chi connectivity index (χ3n) is 3.59. The van der Waals surface area contributed by atoms with Crippen LogP contribution < -0.4 is 5.32 Å². The molecule has 5 nitrogen and oxygen atoms in total. The van der Waals surface area contributed by atoms with Gasteiger partial charge in [0.2, 0.25) is 5.91 Å². The molecule has 2 aromatic heterocycles. The lowest BCUT2D eigenvalue weighted by Crippen LogP contribution is -2.13. The van der Waals surface area contributed by atoms with Crippen molar-refractivity contribution in [2.75, 3.05) is 5.32 Å². The summed E-state index contributed by atoms with van der Waals surface area (Å²) in [6.45, 7) is 0. The number of hydrogen-bond donors (Lipinski definition) is 2. The molecule has 0 unspecified atom stereocenters. The Balaban J connectivity index is 1.78. The Bertz CT molecular complexity index is 884. The van der Waals surface area contributed by atoms with Gasteiger partial charge < -0.3 is 14.8 Å². The summed E-state index contributed by atoms with van der Waals surface area (Å²) in [6, 6.07) is 10.9. The molecule has 1 aromatic carbocycles. The molecular formula is C18H14BrNO4S. The van der Waals surface area contributed by atoms with E-state index in [4.69, 9.17) is 4.42 Å². The van der Waals surface area contributed by atoms with Crippen LogP contribution in [0.1, 0.15) is 22.5 Å². The largest absolute Gasteiger partial charge is 0.478 e. The van der Waals surface area contributed by atoms with E-state index in [-0.39, 0.29) is 17.9 Å². The van der Waals surface area contributed by atoms with Crippen molar-refractivity contribution in [3.63, 3.8) is 0 Å². The summed E-state index contributed by atoms with van der Waals surface area (Å²) >= 11 is 4.57. The lowest BCUT2D eigenvalue weighted by molar-refractivity contribution is -0.116. The van der Waals surface area contributed by atoms with Crippen LogP contribution in [0.15, 0.2) is 56.9 Å². The predicted molar refractivity (Wildman–Crippen MR) is 100 cm³/mol. The number of furan rings is 1. The molecule has 3 aromatic rings. The minimum Gasteiger partial charge on any atom is -0.478 e. The van der Waals surface area contributed by atoms with Crippen LogP contribution in [0.2, 0.25) is 0 Å². The summed E-state index contributed by atoms with van der Waals surface area (Å²) in [5.74, 6) is -0.598. The number of rotatable bonds is 6. The number of thiophene rings is 1. The molecule has 0 bridgehead atoms. The van der Waals surface area contributed by atoms with E-state index in [1.165, 1.54) is 11.3 Å². The van der Waals surface area contributed by atoms with Gasteiger partial charge in [-0.2, -0.15) is 0 Å². The number of amides is 1. The Morgan fingerprint density at radius 3 is 2.60 bits per heavy atom. The van der Waals surface area contributed by atoms with Gasteiger partial charge in [-0.1, -0.05) is 28.1 Å². The molecule has 25 heavy (non-hydrogen) atoms. The van der Waals surface area contributed by atoms with Gasteiger partial charge in [0.1, 0.15) is 16.3 Å². The highest BCUT2D eigenvalue weighted by atomic mass is 79.9. The Hall–Kier alpha value is -2.38. The molecule has 0 aliphatic rings. The molecule has 3 rings (SSSR count). The highest BCUT2D eigenvalue weighted by Gasteiger charge is 2.21. The molecule has 0 atom stereocenters. The van der Waals surface area contributed by atoms with E-state index >= 15 is 0 Å². The lowest BCUT2D eigenvalue weighted by Gasteiger charge is -2.06. The normalized spacial score (nSPS) is 10.6. The molecule has 0 fully saturated rings. The summed E-state index contributed by atoms with van der Waals surface area (Å²) in [4.78, 5) is 23.8. The Kier molecular flexibility index (Phi) is 5.35. The average Bonchev–Trinajstić information content (AvgIpc) is 3.23. The fourth-order valence-electron chi connectivity index (χ4n) is 2.38. The van der Waals surface area contributed by atoms with Crippen molar-refractivity contribution in [2.45, 2.75) is 12.8 Å². The van der Waals surface area contributed by atoms with Crippen molar-refractivity contribution in [3.8, 4) is 11.1 Å². The first-order valence-electron chi connectivity index (χ1n) is 7.47. The smallest absolute Gasteiger partial charge is 0.339 e. The Labute approximate surface area is 156 Å². The van der Waals surface area contributed by atoms with Gasteiger partial charge in [-0.3, -0.25) is 4.79 Å². The van der Waals surface area contributed by atoms with E-state index in [9.17, 15) is 14.7 Å². The van der Waals surface area contributed by atoms with Crippen molar-refractivity contribution >= 4 is 44.1 Å². The number of anilines is 1. The van der Waals surface area contributed by atoms with Crippen molar-refractivity contribution in [1.82, 2.24) is 0 Å². The summed E-state index contributed by atoms with van der Waals surface area (Å²) in [5.41, 5.74) is 1.48. The van der Waals surface area contributed by atoms with Crippen molar-refractivity contribution in [1.29, 1.82) is 0 Å². The third kappa shape index (κ3) is 4.18. The molecule has 2 heterocycles. The van der Waals surface area contributed by atoms with Gasteiger partial charge in [0.15, 0.2) is 0 Å². The second-order valence-corrected chi connectivity index (χ2v) is 7.09. The first-order chi connectivity index (χ1) is 12.0. The van der Waals surface area contributed by atoms with Crippen LogP contribution in [0.5, 0.6) is 0 Å². The first-order valence-corrected chi connectivity index (χ1v) is 9.15. The van der Waals surface area contributed by atoms with Crippen molar-refractivity contribution < 1.29 is 19.1 Å². The molecular weight excluding hydrogens is 406 g/mol. The van der Waals surface area contributed by atoms with Crippen molar-refractivity contribution in [2.24, 2.45) is 0 Å². The summed E-state index contributed by atoms with van der Waals surface area (Å²) in [7, 11) is 0. The van der Waals surface area contributed by atoms with Gasteiger partial charge in [-0.15, -0.1) is 11.3 Å². The molecule has 7 heteroatoms. The Morgan fingerprint density at radius 1 is 1.20 bits per heavy atom. The van der Waals surface area contributed by atoms with Crippen LogP contribution in [-0.4, -0.2) is 17.0 Å². The second-order valence-electron chi connectivity index (χ2n) is 5.29. The fraction of sp³-hybridized carbons (Fsp3) is 0.111. The number of carboxylic acids is 1. The molecule has 1 amide bonds. The first kappa shape index (κ1) is 17.4. The number of aromatic carboxylic acids is 1. The fourth-order valence-corrected chi connectivity index (χ4v) is 3.63. The zero-order valence-corrected chi connectivity index (χ0v) is 15.4. The minimum absolute atomic E-state index is 0.110. The van der Waals surface area contributed by atoms with E-state index < -0.39 is 5.97 Å². The van der Waals surface area contributed by atoms with Crippen LogP contribution in [0.25, 0.3) is 11.1 Å². The number of aryl methyl sites for hydroxylation is 1. The van der Waals surface area contributed by atoms with E-state index in [0.717, 1.165) is 15.8 Å². The molecule has 0 spiro atoms. The zero-order valence-electron chi connectivity index (χ0n) is 13.0. The van der Waals surface area contributed by atoms with Gasteiger partial charge in [0, 0.05) is 28.3 Å². The maximum absolute atomic E-state index is 12.1.